The van der Waals surface area contributed by atoms with E-state index in [1.807, 2.05) is 32.9 Å². The summed E-state index contributed by atoms with van der Waals surface area (Å²) in [4.78, 5) is 16.1. The molecule has 0 unspecified atom stereocenters. The van der Waals surface area contributed by atoms with Gasteiger partial charge in [-0.15, -0.1) is 11.3 Å². The van der Waals surface area contributed by atoms with Crippen LogP contribution < -0.4 is 10.1 Å². The molecule has 1 N–H and O–H groups in total. The number of aryl methyl sites for hydroxylation is 2. The maximum atomic E-state index is 11.8. The number of thiazole rings is 1. The van der Waals surface area contributed by atoms with Gasteiger partial charge in [-0.2, -0.15) is 0 Å². The van der Waals surface area contributed by atoms with Crippen LogP contribution in [-0.4, -0.2) is 16.9 Å². The maximum Gasteiger partial charge on any atom is 0.270 e. The summed E-state index contributed by atoms with van der Waals surface area (Å²) < 4.78 is 5.77. The highest BCUT2D eigenvalue weighted by molar-refractivity contribution is 7.09. The van der Waals surface area contributed by atoms with Crippen LogP contribution in [0.3, 0.4) is 0 Å². The molecule has 0 saturated heterocycles. The number of nitrogens with zero attached hydrogens (tertiary/aromatic N) is 1. The van der Waals surface area contributed by atoms with E-state index < -0.39 is 0 Å². The lowest BCUT2D eigenvalue weighted by atomic mass is 10.1. The van der Waals surface area contributed by atoms with Crippen LogP contribution in [0, 0.1) is 13.8 Å². The summed E-state index contributed by atoms with van der Waals surface area (Å²) in [5.74, 6) is 0.711. The van der Waals surface area contributed by atoms with Gasteiger partial charge in [-0.25, -0.2) is 4.98 Å². The molecule has 0 aliphatic heterocycles. The van der Waals surface area contributed by atoms with Gasteiger partial charge in [0.15, 0.2) is 0 Å². The SMILES string of the molecule is Cc1ccc(OCc2nc(C(=O)NC(C)C)cs2)c(C)c1. The van der Waals surface area contributed by atoms with Crippen LogP contribution in [0.4, 0.5) is 0 Å². The monoisotopic (exact) mass is 304 g/mol. The van der Waals surface area contributed by atoms with Crippen molar-refractivity contribution >= 4 is 17.2 Å². The highest BCUT2D eigenvalue weighted by atomic mass is 32.1. The molecular formula is C16H20N2O2S. The molecule has 0 spiro atoms. The lowest BCUT2D eigenvalue weighted by Gasteiger charge is -2.08. The Balaban J connectivity index is 1.98. The van der Waals surface area contributed by atoms with Crippen LogP contribution in [0.25, 0.3) is 0 Å². The first-order valence-electron chi connectivity index (χ1n) is 6.91. The minimum atomic E-state index is -0.140. The Morgan fingerprint density at radius 2 is 2.14 bits per heavy atom. The fourth-order valence-electron chi connectivity index (χ4n) is 1.92. The maximum absolute atomic E-state index is 11.8. The first-order valence-corrected chi connectivity index (χ1v) is 7.79. The van der Waals surface area contributed by atoms with Crippen molar-refractivity contribution in [3.05, 3.63) is 45.4 Å². The van der Waals surface area contributed by atoms with Crippen LogP contribution >= 0.6 is 11.3 Å². The van der Waals surface area contributed by atoms with Gasteiger partial charge in [-0.3, -0.25) is 4.79 Å². The zero-order chi connectivity index (χ0) is 15.4. The number of aromatic nitrogens is 1. The molecular weight excluding hydrogens is 284 g/mol. The second-order valence-electron chi connectivity index (χ2n) is 5.31. The summed E-state index contributed by atoms with van der Waals surface area (Å²) in [6.45, 7) is 8.30. The summed E-state index contributed by atoms with van der Waals surface area (Å²) in [6.07, 6.45) is 0. The topological polar surface area (TPSA) is 51.2 Å². The van der Waals surface area contributed by atoms with E-state index in [0.717, 1.165) is 16.3 Å². The van der Waals surface area contributed by atoms with Gasteiger partial charge in [-0.1, -0.05) is 17.7 Å². The Kier molecular flexibility index (Phi) is 4.96. The van der Waals surface area contributed by atoms with Crippen molar-refractivity contribution in [3.8, 4) is 5.75 Å². The van der Waals surface area contributed by atoms with Crippen LogP contribution in [0.2, 0.25) is 0 Å². The lowest BCUT2D eigenvalue weighted by molar-refractivity contribution is 0.0938. The molecule has 21 heavy (non-hydrogen) atoms. The quantitative estimate of drug-likeness (QED) is 0.920. The highest BCUT2D eigenvalue weighted by Crippen LogP contribution is 2.21. The van der Waals surface area contributed by atoms with E-state index in [0.29, 0.717) is 12.3 Å². The van der Waals surface area contributed by atoms with Crippen molar-refractivity contribution in [2.45, 2.75) is 40.3 Å². The molecule has 1 heterocycles. The van der Waals surface area contributed by atoms with E-state index in [1.165, 1.54) is 16.9 Å². The van der Waals surface area contributed by atoms with Gasteiger partial charge < -0.3 is 10.1 Å². The third kappa shape index (κ3) is 4.29. The zero-order valence-electron chi connectivity index (χ0n) is 12.8. The summed E-state index contributed by atoms with van der Waals surface area (Å²) in [5, 5.41) is 5.38. The van der Waals surface area contributed by atoms with Crippen molar-refractivity contribution in [2.75, 3.05) is 0 Å². The fourth-order valence-corrected chi connectivity index (χ4v) is 2.60. The number of rotatable bonds is 5. The molecule has 1 aromatic carbocycles. The molecule has 1 aromatic heterocycles. The molecule has 2 rings (SSSR count). The molecule has 0 aliphatic carbocycles. The first-order chi connectivity index (χ1) is 9.95. The molecule has 112 valence electrons. The summed E-state index contributed by atoms with van der Waals surface area (Å²) in [6, 6.07) is 6.17. The van der Waals surface area contributed by atoms with Crippen LogP contribution in [-0.2, 0) is 6.61 Å². The largest absolute Gasteiger partial charge is 0.486 e. The summed E-state index contributed by atoms with van der Waals surface area (Å²) in [5.41, 5.74) is 2.76. The predicted octanol–water partition coefficient (Wildman–Crippen LogP) is 3.48. The van der Waals surface area contributed by atoms with E-state index in [9.17, 15) is 4.79 Å². The van der Waals surface area contributed by atoms with Gasteiger partial charge in [-0.05, 0) is 39.3 Å². The third-order valence-corrected chi connectivity index (χ3v) is 3.71. The van der Waals surface area contributed by atoms with Crippen LogP contribution in [0.15, 0.2) is 23.6 Å². The van der Waals surface area contributed by atoms with Gasteiger partial charge in [0.25, 0.3) is 5.91 Å². The predicted molar refractivity (Wildman–Crippen MR) is 85.0 cm³/mol. The molecule has 0 fully saturated rings. The number of nitrogens with one attached hydrogen (secondary N) is 1. The Hall–Kier alpha value is -1.88. The number of hydrogen-bond acceptors (Lipinski definition) is 4. The van der Waals surface area contributed by atoms with E-state index in [4.69, 9.17) is 4.74 Å². The van der Waals surface area contributed by atoms with Crippen LogP contribution in [0.1, 0.15) is 40.5 Å². The van der Waals surface area contributed by atoms with Gasteiger partial charge in [0, 0.05) is 11.4 Å². The molecule has 5 heteroatoms. The molecule has 0 bridgehead atoms. The normalized spacial score (nSPS) is 10.7. The molecule has 0 atom stereocenters. The average Bonchev–Trinajstić information content (AvgIpc) is 2.86. The van der Waals surface area contributed by atoms with Crippen molar-refractivity contribution in [1.82, 2.24) is 10.3 Å². The number of benzene rings is 1. The van der Waals surface area contributed by atoms with Gasteiger partial charge in [0.05, 0.1) is 0 Å². The number of amides is 1. The summed E-state index contributed by atoms with van der Waals surface area (Å²) >= 11 is 1.44. The van der Waals surface area contributed by atoms with Crippen molar-refractivity contribution in [3.63, 3.8) is 0 Å². The van der Waals surface area contributed by atoms with Crippen LogP contribution in [0.5, 0.6) is 5.75 Å². The third-order valence-electron chi connectivity index (χ3n) is 2.89. The van der Waals surface area contributed by atoms with Gasteiger partial charge in [0.1, 0.15) is 23.1 Å². The fraction of sp³-hybridized carbons (Fsp3) is 0.375. The molecule has 0 aliphatic rings. The summed E-state index contributed by atoms with van der Waals surface area (Å²) in [7, 11) is 0. The Labute approximate surface area is 129 Å². The van der Waals surface area contributed by atoms with E-state index in [-0.39, 0.29) is 11.9 Å². The standard InChI is InChI=1S/C16H20N2O2S/c1-10(2)17-16(19)13-9-21-15(18-13)8-20-14-6-5-11(3)7-12(14)4/h5-7,9-10H,8H2,1-4H3,(H,17,19). The molecule has 0 saturated carbocycles. The minimum Gasteiger partial charge on any atom is -0.486 e. The highest BCUT2D eigenvalue weighted by Gasteiger charge is 2.12. The van der Waals surface area contributed by atoms with Crippen molar-refractivity contribution in [2.24, 2.45) is 0 Å². The average molecular weight is 304 g/mol. The van der Waals surface area contributed by atoms with Crippen molar-refractivity contribution in [1.29, 1.82) is 0 Å². The molecule has 2 aromatic rings. The molecule has 0 radical (unpaired) electrons. The van der Waals surface area contributed by atoms with Gasteiger partial charge >= 0.3 is 0 Å². The van der Waals surface area contributed by atoms with Gasteiger partial charge in [0.2, 0.25) is 0 Å². The lowest BCUT2D eigenvalue weighted by Crippen LogP contribution is -2.30. The minimum absolute atomic E-state index is 0.106. The molecule has 4 nitrogen and oxygen atoms in total. The van der Waals surface area contributed by atoms with E-state index >= 15 is 0 Å². The Morgan fingerprint density at radius 3 is 2.81 bits per heavy atom. The Morgan fingerprint density at radius 1 is 1.38 bits per heavy atom. The Bertz CT molecular complexity index is 635. The zero-order valence-corrected chi connectivity index (χ0v) is 13.6. The van der Waals surface area contributed by atoms with E-state index in [2.05, 4.69) is 23.3 Å². The van der Waals surface area contributed by atoms with E-state index in [1.54, 1.807) is 5.38 Å². The smallest absolute Gasteiger partial charge is 0.270 e. The second kappa shape index (κ2) is 6.72. The molecule has 1 amide bonds. The number of ether oxygens (including phenoxy) is 1. The number of carbonyl (C=O) groups excluding carboxylic acids is 1. The first kappa shape index (κ1) is 15.5. The number of hydrogen-bond donors (Lipinski definition) is 1. The second-order valence-corrected chi connectivity index (χ2v) is 6.25. The van der Waals surface area contributed by atoms with Crippen molar-refractivity contribution < 1.29 is 9.53 Å². The number of carbonyl (C=O) groups is 1.